The van der Waals surface area contributed by atoms with Crippen molar-refractivity contribution in [2.75, 3.05) is 7.11 Å². The van der Waals surface area contributed by atoms with Crippen molar-refractivity contribution < 1.29 is 23.8 Å². The molecule has 0 spiro atoms. The Labute approximate surface area is 139 Å². The molecule has 1 rings (SSSR count). The van der Waals surface area contributed by atoms with E-state index in [0.717, 1.165) is 32.8 Å². The molecule has 1 aliphatic carbocycles. The topological polar surface area (TPSA) is 57.5 Å². The fourth-order valence-electron chi connectivity index (χ4n) is 3.31. The summed E-state index contributed by atoms with van der Waals surface area (Å²) >= 11 is 0. The van der Waals surface area contributed by atoms with Gasteiger partial charge in [-0.3, -0.25) is 4.79 Å². The Bertz CT molecular complexity index is 321. The van der Waals surface area contributed by atoms with Gasteiger partial charge in [0.05, 0.1) is 0 Å². The quantitative estimate of drug-likeness (QED) is 0.624. The van der Waals surface area contributed by atoms with Crippen LogP contribution in [0.4, 0.5) is 8.78 Å². The van der Waals surface area contributed by atoms with Gasteiger partial charge in [0, 0.05) is 25.9 Å². The summed E-state index contributed by atoms with van der Waals surface area (Å²) < 4.78 is 27.5. The molecule has 138 valence electrons. The molecule has 0 aromatic carbocycles. The lowest BCUT2D eigenvalue weighted by molar-refractivity contribution is -0.122. The highest BCUT2D eigenvalue weighted by Gasteiger charge is 2.39. The molecule has 0 amide bonds. The number of aliphatic hydroxyl groups is 2. The van der Waals surface area contributed by atoms with E-state index in [-0.39, 0.29) is 24.7 Å². The molecular formula is C18H34F2O3. The summed E-state index contributed by atoms with van der Waals surface area (Å²) in [5.74, 6) is -2.46. The van der Waals surface area contributed by atoms with Gasteiger partial charge in [-0.15, -0.1) is 0 Å². The van der Waals surface area contributed by atoms with E-state index in [4.69, 9.17) is 5.11 Å². The highest BCUT2D eigenvalue weighted by atomic mass is 19.3. The Morgan fingerprint density at radius 3 is 2.35 bits per heavy atom. The van der Waals surface area contributed by atoms with E-state index in [0.29, 0.717) is 31.5 Å². The van der Waals surface area contributed by atoms with Crippen LogP contribution in [-0.4, -0.2) is 35.1 Å². The zero-order valence-corrected chi connectivity index (χ0v) is 14.9. The van der Waals surface area contributed by atoms with Gasteiger partial charge < -0.3 is 10.2 Å². The van der Waals surface area contributed by atoms with Crippen molar-refractivity contribution in [2.45, 2.75) is 90.1 Å². The van der Waals surface area contributed by atoms with Crippen molar-refractivity contribution in [2.24, 2.45) is 11.8 Å². The summed E-state index contributed by atoms with van der Waals surface area (Å²) in [4.78, 5) is 11.9. The highest BCUT2D eigenvalue weighted by molar-refractivity contribution is 5.83. The van der Waals surface area contributed by atoms with Gasteiger partial charge in [-0.1, -0.05) is 33.1 Å². The van der Waals surface area contributed by atoms with E-state index in [1.165, 1.54) is 0 Å². The van der Waals surface area contributed by atoms with Crippen molar-refractivity contribution in [3.63, 3.8) is 0 Å². The van der Waals surface area contributed by atoms with Gasteiger partial charge in [-0.2, -0.15) is 0 Å². The second kappa shape index (κ2) is 11.9. The van der Waals surface area contributed by atoms with Gasteiger partial charge in [0.15, 0.2) is 0 Å². The Balaban J connectivity index is 0.00000232. The number of halogens is 2. The maximum atomic E-state index is 13.7. The number of alkyl halides is 2. The Morgan fingerprint density at radius 2 is 1.78 bits per heavy atom. The number of carbonyl (C=O) groups excluding carboxylic acids is 1. The summed E-state index contributed by atoms with van der Waals surface area (Å²) in [7, 11) is 1.00. The average Bonchev–Trinajstić information content (AvgIpc) is 2.90. The summed E-state index contributed by atoms with van der Waals surface area (Å²) in [6.45, 7) is 3.96. The van der Waals surface area contributed by atoms with E-state index in [1.54, 1.807) is 0 Å². The minimum atomic E-state index is -2.99. The van der Waals surface area contributed by atoms with Crippen LogP contribution in [0.15, 0.2) is 0 Å². The molecule has 1 fully saturated rings. The minimum absolute atomic E-state index is 0.0430. The lowest BCUT2D eigenvalue weighted by Crippen LogP contribution is -2.34. The molecule has 2 N–H and O–H groups in total. The maximum Gasteiger partial charge on any atom is 0.273 e. The Hall–Kier alpha value is -0.550. The summed E-state index contributed by atoms with van der Waals surface area (Å²) in [5, 5.41) is 16.8. The lowest BCUT2D eigenvalue weighted by Gasteiger charge is -2.25. The molecular weight excluding hydrogens is 302 g/mol. The molecule has 23 heavy (non-hydrogen) atoms. The first-order chi connectivity index (χ1) is 10.9. The molecule has 3 nitrogen and oxygen atoms in total. The smallest absolute Gasteiger partial charge is 0.273 e. The largest absolute Gasteiger partial charge is 0.400 e. The number of Topliss-reactive ketones (excluding diaryl/α,β-unsaturated/α-hetero) is 1. The number of carbonyl (C=O) groups is 1. The second-order valence-corrected chi connectivity index (χ2v) is 6.47. The molecule has 2 unspecified atom stereocenters. The van der Waals surface area contributed by atoms with Gasteiger partial charge >= 0.3 is 0 Å². The molecule has 0 aromatic heterocycles. The average molecular weight is 336 g/mol. The monoisotopic (exact) mass is 336 g/mol. The predicted molar refractivity (Wildman–Crippen MR) is 88.6 cm³/mol. The van der Waals surface area contributed by atoms with Gasteiger partial charge in [-0.05, 0) is 38.0 Å². The van der Waals surface area contributed by atoms with Gasteiger partial charge in [0.2, 0.25) is 0 Å². The zero-order valence-electron chi connectivity index (χ0n) is 14.9. The standard InChI is InChI=1S/C17H30F2O2.CH4O/c1-3-5-7-14-13(8-10-15(14)20)9-11-16(21)17(18,19)12-6-4-2;1-2/h13-14,16,21H,3-12H2,1-2H3;2H,1H3/t13?,14-,16?;/m1./s1. The van der Waals surface area contributed by atoms with E-state index < -0.39 is 12.0 Å². The minimum Gasteiger partial charge on any atom is -0.400 e. The first-order valence-electron chi connectivity index (χ1n) is 8.95. The SMILES string of the molecule is CCCC[C@H]1C(=O)CCC1CCC(O)C(F)(F)CCCC.CO. The van der Waals surface area contributed by atoms with E-state index in [2.05, 4.69) is 6.92 Å². The molecule has 0 aliphatic heterocycles. The summed E-state index contributed by atoms with van der Waals surface area (Å²) in [5.41, 5.74) is 0. The van der Waals surface area contributed by atoms with Crippen molar-refractivity contribution in [1.29, 1.82) is 0 Å². The predicted octanol–water partition coefficient (Wildman–Crippen LogP) is 4.35. The molecule has 0 saturated heterocycles. The maximum absolute atomic E-state index is 13.7. The first kappa shape index (κ1) is 22.4. The third kappa shape index (κ3) is 7.71. The number of ketones is 1. The second-order valence-electron chi connectivity index (χ2n) is 6.47. The number of hydrogen-bond acceptors (Lipinski definition) is 3. The van der Waals surface area contributed by atoms with Crippen molar-refractivity contribution in [3.05, 3.63) is 0 Å². The summed E-state index contributed by atoms with van der Waals surface area (Å²) in [6, 6.07) is 0. The Kier molecular flexibility index (Phi) is 11.6. The van der Waals surface area contributed by atoms with Crippen LogP contribution in [0.3, 0.4) is 0 Å². The number of hydrogen-bond donors (Lipinski definition) is 2. The first-order valence-corrected chi connectivity index (χ1v) is 8.95. The van der Waals surface area contributed by atoms with Crippen LogP contribution >= 0.6 is 0 Å². The molecule has 0 heterocycles. The third-order valence-electron chi connectivity index (χ3n) is 4.77. The fourth-order valence-corrected chi connectivity index (χ4v) is 3.31. The number of rotatable bonds is 10. The van der Waals surface area contributed by atoms with Crippen LogP contribution in [0.2, 0.25) is 0 Å². The van der Waals surface area contributed by atoms with Gasteiger partial charge in [0.25, 0.3) is 5.92 Å². The third-order valence-corrected chi connectivity index (χ3v) is 4.77. The van der Waals surface area contributed by atoms with Crippen LogP contribution in [0, 0.1) is 11.8 Å². The molecule has 0 radical (unpaired) electrons. The van der Waals surface area contributed by atoms with Crippen LogP contribution in [0.25, 0.3) is 0 Å². The number of aliphatic hydroxyl groups excluding tert-OH is 2. The highest BCUT2D eigenvalue weighted by Crippen LogP contribution is 2.37. The lowest BCUT2D eigenvalue weighted by atomic mass is 9.85. The molecule has 3 atom stereocenters. The van der Waals surface area contributed by atoms with Gasteiger partial charge in [-0.25, -0.2) is 8.78 Å². The zero-order chi connectivity index (χ0) is 17.9. The number of unbranched alkanes of at least 4 members (excludes halogenated alkanes) is 2. The Morgan fingerprint density at radius 1 is 1.17 bits per heavy atom. The molecule has 0 aromatic rings. The van der Waals surface area contributed by atoms with Crippen molar-refractivity contribution in [3.8, 4) is 0 Å². The van der Waals surface area contributed by atoms with Crippen molar-refractivity contribution >= 4 is 5.78 Å². The molecule has 1 saturated carbocycles. The van der Waals surface area contributed by atoms with E-state index in [1.807, 2.05) is 6.92 Å². The van der Waals surface area contributed by atoms with Crippen LogP contribution < -0.4 is 0 Å². The van der Waals surface area contributed by atoms with E-state index in [9.17, 15) is 18.7 Å². The van der Waals surface area contributed by atoms with E-state index >= 15 is 0 Å². The van der Waals surface area contributed by atoms with Crippen LogP contribution in [0.1, 0.15) is 78.1 Å². The molecule has 5 heteroatoms. The van der Waals surface area contributed by atoms with Gasteiger partial charge in [0.1, 0.15) is 11.9 Å². The summed E-state index contributed by atoms with van der Waals surface area (Å²) in [6.07, 6.45) is 4.32. The van der Waals surface area contributed by atoms with Crippen LogP contribution in [0.5, 0.6) is 0 Å². The van der Waals surface area contributed by atoms with Crippen molar-refractivity contribution in [1.82, 2.24) is 0 Å². The van der Waals surface area contributed by atoms with Crippen LogP contribution in [-0.2, 0) is 4.79 Å². The molecule has 1 aliphatic rings. The molecule has 0 bridgehead atoms. The fraction of sp³-hybridized carbons (Fsp3) is 0.944. The normalized spacial score (nSPS) is 22.7.